The molecule has 2 aromatic rings. The van der Waals surface area contributed by atoms with E-state index in [2.05, 4.69) is 4.98 Å². The molecule has 0 aliphatic carbocycles. The lowest BCUT2D eigenvalue weighted by molar-refractivity contribution is 0.0691. The van der Waals surface area contributed by atoms with Crippen LogP contribution in [-0.4, -0.2) is 16.1 Å². The molecule has 0 saturated heterocycles. The Morgan fingerprint density at radius 1 is 1.43 bits per heavy atom. The van der Waals surface area contributed by atoms with Gasteiger partial charge < -0.3 is 10.1 Å². The second-order valence-corrected chi connectivity index (χ2v) is 3.18. The number of carboxylic acid groups (broad SMARTS) is 1. The van der Waals surface area contributed by atoms with Crippen molar-refractivity contribution in [1.29, 1.82) is 0 Å². The average Bonchev–Trinajstić information content (AvgIpc) is 2.48. The molecule has 1 heterocycles. The van der Waals surface area contributed by atoms with Crippen molar-refractivity contribution in [2.24, 2.45) is 0 Å². The molecule has 0 atom stereocenters. The van der Waals surface area contributed by atoms with E-state index in [0.29, 0.717) is 16.5 Å². The number of benzene rings is 1. The van der Waals surface area contributed by atoms with Crippen molar-refractivity contribution >= 4 is 16.9 Å². The van der Waals surface area contributed by atoms with Crippen LogP contribution in [-0.2, 0) is 0 Å². The van der Waals surface area contributed by atoms with E-state index < -0.39 is 5.97 Å². The SMILES string of the molecule is Cc1cc2[nH]c(C(=O)O)cc2cc1F. The number of H-pyrrole nitrogens is 1. The van der Waals surface area contributed by atoms with Gasteiger partial charge in [-0.05, 0) is 30.7 Å². The second-order valence-electron chi connectivity index (χ2n) is 3.18. The second kappa shape index (κ2) is 2.83. The average molecular weight is 193 g/mol. The van der Waals surface area contributed by atoms with Crippen LogP contribution < -0.4 is 0 Å². The zero-order chi connectivity index (χ0) is 10.3. The molecule has 0 spiro atoms. The molecule has 0 unspecified atom stereocenters. The first-order chi connectivity index (χ1) is 6.58. The van der Waals surface area contributed by atoms with Gasteiger partial charge in [0.1, 0.15) is 11.5 Å². The number of aromatic nitrogens is 1. The highest BCUT2D eigenvalue weighted by atomic mass is 19.1. The smallest absolute Gasteiger partial charge is 0.352 e. The molecule has 14 heavy (non-hydrogen) atoms. The number of halogens is 1. The summed E-state index contributed by atoms with van der Waals surface area (Å²) >= 11 is 0. The number of nitrogens with one attached hydrogen (secondary N) is 1. The van der Waals surface area contributed by atoms with Gasteiger partial charge in [-0.2, -0.15) is 0 Å². The zero-order valence-corrected chi connectivity index (χ0v) is 7.47. The minimum atomic E-state index is -1.04. The van der Waals surface area contributed by atoms with E-state index in [0.717, 1.165) is 0 Å². The number of aromatic carboxylic acids is 1. The highest BCUT2D eigenvalue weighted by molar-refractivity contribution is 5.93. The number of aryl methyl sites for hydroxylation is 1. The summed E-state index contributed by atoms with van der Waals surface area (Å²) in [6.45, 7) is 1.63. The molecule has 1 aromatic heterocycles. The van der Waals surface area contributed by atoms with Crippen molar-refractivity contribution in [3.05, 3.63) is 35.3 Å². The van der Waals surface area contributed by atoms with Crippen molar-refractivity contribution in [1.82, 2.24) is 4.98 Å². The van der Waals surface area contributed by atoms with Crippen LogP contribution in [0.5, 0.6) is 0 Å². The zero-order valence-electron chi connectivity index (χ0n) is 7.47. The van der Waals surface area contributed by atoms with Crippen molar-refractivity contribution < 1.29 is 14.3 Å². The molecule has 0 amide bonds. The van der Waals surface area contributed by atoms with E-state index in [-0.39, 0.29) is 11.5 Å². The fourth-order valence-corrected chi connectivity index (χ4v) is 1.38. The third kappa shape index (κ3) is 1.25. The Hall–Kier alpha value is -1.84. The van der Waals surface area contributed by atoms with Gasteiger partial charge in [0.05, 0.1) is 0 Å². The molecular formula is C10H8FNO2. The van der Waals surface area contributed by atoms with Gasteiger partial charge in [0.25, 0.3) is 0 Å². The fourth-order valence-electron chi connectivity index (χ4n) is 1.38. The summed E-state index contributed by atoms with van der Waals surface area (Å²) in [5, 5.41) is 9.27. The van der Waals surface area contributed by atoms with Gasteiger partial charge in [-0.25, -0.2) is 9.18 Å². The van der Waals surface area contributed by atoms with Gasteiger partial charge in [-0.15, -0.1) is 0 Å². The highest BCUT2D eigenvalue weighted by Gasteiger charge is 2.08. The minimum absolute atomic E-state index is 0.0741. The fraction of sp³-hybridized carbons (Fsp3) is 0.100. The van der Waals surface area contributed by atoms with Crippen LogP contribution in [0.25, 0.3) is 10.9 Å². The van der Waals surface area contributed by atoms with Crippen LogP contribution in [0.15, 0.2) is 18.2 Å². The van der Waals surface area contributed by atoms with Crippen LogP contribution in [0.3, 0.4) is 0 Å². The summed E-state index contributed by atoms with van der Waals surface area (Å²) < 4.78 is 13.1. The Morgan fingerprint density at radius 2 is 2.14 bits per heavy atom. The van der Waals surface area contributed by atoms with Gasteiger partial charge >= 0.3 is 5.97 Å². The highest BCUT2D eigenvalue weighted by Crippen LogP contribution is 2.19. The molecule has 3 nitrogen and oxygen atoms in total. The molecule has 0 bridgehead atoms. The first kappa shape index (κ1) is 8.74. The monoisotopic (exact) mass is 193 g/mol. The van der Waals surface area contributed by atoms with Crippen LogP contribution in [0.2, 0.25) is 0 Å². The third-order valence-electron chi connectivity index (χ3n) is 2.13. The number of carboxylic acids is 1. The number of hydrogen-bond donors (Lipinski definition) is 2. The number of carbonyl (C=O) groups is 1. The van der Waals surface area contributed by atoms with E-state index in [1.807, 2.05) is 0 Å². The van der Waals surface area contributed by atoms with Gasteiger partial charge in [0, 0.05) is 10.9 Å². The molecule has 2 N–H and O–H groups in total. The van der Waals surface area contributed by atoms with E-state index in [9.17, 15) is 9.18 Å². The third-order valence-corrected chi connectivity index (χ3v) is 2.13. The Labute approximate surface area is 79.2 Å². The lowest BCUT2D eigenvalue weighted by atomic mass is 10.2. The van der Waals surface area contributed by atoms with Gasteiger partial charge in [-0.1, -0.05) is 0 Å². The number of fused-ring (bicyclic) bond motifs is 1. The maximum Gasteiger partial charge on any atom is 0.352 e. The van der Waals surface area contributed by atoms with E-state index in [1.165, 1.54) is 12.1 Å². The molecule has 0 aliphatic rings. The molecule has 0 radical (unpaired) electrons. The predicted octanol–water partition coefficient (Wildman–Crippen LogP) is 2.31. The van der Waals surface area contributed by atoms with E-state index in [1.54, 1.807) is 13.0 Å². The van der Waals surface area contributed by atoms with Crippen molar-refractivity contribution in [3.8, 4) is 0 Å². The Morgan fingerprint density at radius 3 is 2.79 bits per heavy atom. The Balaban J connectivity index is 2.72. The molecule has 0 fully saturated rings. The van der Waals surface area contributed by atoms with Gasteiger partial charge in [0.2, 0.25) is 0 Å². The van der Waals surface area contributed by atoms with Gasteiger partial charge in [0.15, 0.2) is 0 Å². The minimum Gasteiger partial charge on any atom is -0.477 e. The van der Waals surface area contributed by atoms with Crippen LogP contribution in [0, 0.1) is 12.7 Å². The summed E-state index contributed by atoms with van der Waals surface area (Å²) in [6.07, 6.45) is 0. The number of aromatic amines is 1. The van der Waals surface area contributed by atoms with Gasteiger partial charge in [-0.3, -0.25) is 0 Å². The molecule has 1 aromatic carbocycles. The molecule has 4 heteroatoms. The van der Waals surface area contributed by atoms with Crippen molar-refractivity contribution in [2.75, 3.05) is 0 Å². The first-order valence-electron chi connectivity index (χ1n) is 4.10. The number of hydrogen-bond acceptors (Lipinski definition) is 1. The largest absolute Gasteiger partial charge is 0.477 e. The Kier molecular flexibility index (Phi) is 1.77. The predicted molar refractivity (Wildman–Crippen MR) is 50.0 cm³/mol. The van der Waals surface area contributed by atoms with Crippen molar-refractivity contribution in [2.45, 2.75) is 6.92 Å². The molecule has 72 valence electrons. The molecular weight excluding hydrogens is 185 g/mol. The summed E-state index contributed by atoms with van der Waals surface area (Å²) in [6, 6.07) is 4.34. The molecule has 0 saturated carbocycles. The van der Waals surface area contributed by atoms with Crippen LogP contribution >= 0.6 is 0 Å². The summed E-state index contributed by atoms with van der Waals surface area (Å²) in [5.41, 5.74) is 1.21. The molecule has 2 rings (SSSR count). The quantitative estimate of drug-likeness (QED) is 0.730. The molecule has 0 aliphatic heterocycles. The summed E-state index contributed by atoms with van der Waals surface area (Å²) in [5.74, 6) is -1.37. The van der Waals surface area contributed by atoms with Crippen LogP contribution in [0.4, 0.5) is 4.39 Å². The maximum atomic E-state index is 13.1. The maximum absolute atomic E-state index is 13.1. The Bertz CT molecular complexity index is 477. The van der Waals surface area contributed by atoms with E-state index in [4.69, 9.17) is 5.11 Å². The van der Waals surface area contributed by atoms with Crippen molar-refractivity contribution in [3.63, 3.8) is 0 Å². The number of rotatable bonds is 1. The topological polar surface area (TPSA) is 53.1 Å². The van der Waals surface area contributed by atoms with Crippen LogP contribution in [0.1, 0.15) is 16.1 Å². The first-order valence-corrected chi connectivity index (χ1v) is 4.10. The van der Waals surface area contributed by atoms with E-state index >= 15 is 0 Å². The lowest BCUT2D eigenvalue weighted by Gasteiger charge is -1.94. The lowest BCUT2D eigenvalue weighted by Crippen LogP contribution is -1.94. The summed E-state index contributed by atoms with van der Waals surface area (Å²) in [7, 11) is 0. The normalized spacial score (nSPS) is 10.7. The standard InChI is InChI=1S/C10H8FNO2/c1-5-2-8-6(3-7(5)11)4-9(12-8)10(13)14/h2-4,12H,1H3,(H,13,14). The summed E-state index contributed by atoms with van der Waals surface area (Å²) in [4.78, 5) is 13.3.